The number of nitrogens with one attached hydrogen (secondary N) is 1. The van der Waals surface area contributed by atoms with Gasteiger partial charge in [0.05, 0.1) is 18.4 Å². The number of hydrogen-bond donors (Lipinski definition) is 2. The van der Waals surface area contributed by atoms with Crippen molar-refractivity contribution in [2.45, 2.75) is 25.6 Å². The highest BCUT2D eigenvalue weighted by atomic mass is 32.2. The van der Waals surface area contributed by atoms with E-state index in [1.54, 1.807) is 7.11 Å². The van der Waals surface area contributed by atoms with Gasteiger partial charge in [0.2, 0.25) is 5.91 Å². The zero-order valence-corrected chi connectivity index (χ0v) is 13.2. The first-order valence-corrected chi connectivity index (χ1v) is 8.66. The number of rotatable bonds is 8. The first-order chi connectivity index (χ1) is 9.83. The number of ether oxygens (including phenoxy) is 1. The van der Waals surface area contributed by atoms with Crippen molar-refractivity contribution in [3.63, 3.8) is 0 Å². The normalized spacial score (nSPS) is 12.9. The highest BCUT2D eigenvalue weighted by molar-refractivity contribution is 7.90. The molecule has 1 unspecified atom stereocenters. The maximum Gasteiger partial charge on any atom is 0.237 e. The third-order valence-electron chi connectivity index (χ3n) is 3.01. The van der Waals surface area contributed by atoms with Crippen molar-refractivity contribution in [1.29, 1.82) is 0 Å². The van der Waals surface area contributed by atoms with Gasteiger partial charge < -0.3 is 15.8 Å². The molecule has 0 spiro atoms. The predicted molar refractivity (Wildman–Crippen MR) is 81.3 cm³/mol. The first kappa shape index (κ1) is 17.6. The van der Waals surface area contributed by atoms with E-state index in [2.05, 4.69) is 5.32 Å². The van der Waals surface area contributed by atoms with Crippen LogP contribution in [-0.4, -0.2) is 39.5 Å². The van der Waals surface area contributed by atoms with Gasteiger partial charge in [-0.2, -0.15) is 0 Å². The summed E-state index contributed by atoms with van der Waals surface area (Å²) in [6, 6.07) is 6.78. The Hall–Kier alpha value is -1.44. The van der Waals surface area contributed by atoms with Crippen molar-refractivity contribution in [2.75, 3.05) is 19.1 Å². The number of sulfone groups is 1. The van der Waals surface area contributed by atoms with E-state index in [9.17, 15) is 13.2 Å². The van der Waals surface area contributed by atoms with Crippen LogP contribution in [0.25, 0.3) is 0 Å². The third kappa shape index (κ3) is 6.70. The van der Waals surface area contributed by atoms with Crippen molar-refractivity contribution >= 4 is 15.7 Å². The van der Waals surface area contributed by atoms with E-state index in [0.29, 0.717) is 13.2 Å². The molecular weight excluding hydrogens is 292 g/mol. The van der Waals surface area contributed by atoms with Crippen LogP contribution in [0.15, 0.2) is 24.3 Å². The van der Waals surface area contributed by atoms with Gasteiger partial charge >= 0.3 is 0 Å². The molecule has 1 amide bonds. The predicted octanol–water partition coefficient (Wildman–Crippen LogP) is 0.211. The lowest BCUT2D eigenvalue weighted by atomic mass is 10.1. The van der Waals surface area contributed by atoms with Crippen LogP contribution in [-0.2, 0) is 32.5 Å². The average Bonchev–Trinajstić information content (AvgIpc) is 2.43. The van der Waals surface area contributed by atoms with Crippen LogP contribution in [0.2, 0.25) is 0 Å². The average molecular weight is 314 g/mol. The summed E-state index contributed by atoms with van der Waals surface area (Å²) in [4.78, 5) is 11.8. The zero-order valence-electron chi connectivity index (χ0n) is 12.3. The molecule has 6 nitrogen and oxygen atoms in total. The fourth-order valence-electron chi connectivity index (χ4n) is 1.81. The summed E-state index contributed by atoms with van der Waals surface area (Å²) >= 11 is 0. The molecule has 0 aliphatic heterocycles. The van der Waals surface area contributed by atoms with Gasteiger partial charge in [-0.05, 0) is 17.5 Å². The Morgan fingerprint density at radius 3 is 2.52 bits per heavy atom. The van der Waals surface area contributed by atoms with Crippen molar-refractivity contribution in [2.24, 2.45) is 5.73 Å². The number of carbonyl (C=O) groups excluding carboxylic acids is 1. The maximum absolute atomic E-state index is 11.8. The number of carbonyl (C=O) groups is 1. The maximum atomic E-state index is 11.8. The van der Waals surface area contributed by atoms with E-state index >= 15 is 0 Å². The number of methoxy groups -OCH3 is 1. The SMILES string of the molecule is COCc1ccccc1CNC(=O)C(N)CCS(C)(=O)=O. The second kappa shape index (κ2) is 8.11. The number of benzene rings is 1. The fourth-order valence-corrected chi connectivity index (χ4v) is 2.49. The Labute approximate surface area is 125 Å². The van der Waals surface area contributed by atoms with Crippen LogP contribution in [0.3, 0.4) is 0 Å². The summed E-state index contributed by atoms with van der Waals surface area (Å²) < 4.78 is 27.2. The molecule has 7 heteroatoms. The molecule has 0 aliphatic rings. The van der Waals surface area contributed by atoms with Crippen molar-refractivity contribution in [1.82, 2.24) is 5.32 Å². The van der Waals surface area contributed by atoms with Crippen LogP contribution < -0.4 is 11.1 Å². The molecule has 0 saturated carbocycles. The molecule has 0 radical (unpaired) electrons. The topological polar surface area (TPSA) is 98.5 Å². The van der Waals surface area contributed by atoms with Crippen LogP contribution in [0, 0.1) is 0 Å². The highest BCUT2D eigenvalue weighted by Gasteiger charge is 2.16. The van der Waals surface area contributed by atoms with Gasteiger partial charge in [0.25, 0.3) is 0 Å². The molecule has 1 atom stereocenters. The Bertz CT molecular complexity index is 572. The van der Waals surface area contributed by atoms with Gasteiger partial charge in [0.1, 0.15) is 9.84 Å². The van der Waals surface area contributed by atoms with Gasteiger partial charge in [-0.25, -0.2) is 8.42 Å². The smallest absolute Gasteiger partial charge is 0.237 e. The standard InChI is InChI=1S/C14H22N2O4S/c1-20-10-12-6-4-3-5-11(12)9-16-14(17)13(15)7-8-21(2,18)19/h3-6,13H,7-10,15H2,1-2H3,(H,16,17). The first-order valence-electron chi connectivity index (χ1n) is 6.60. The monoisotopic (exact) mass is 314 g/mol. The van der Waals surface area contributed by atoms with Crippen LogP contribution in [0.4, 0.5) is 0 Å². The van der Waals surface area contributed by atoms with E-state index in [1.807, 2.05) is 24.3 Å². The van der Waals surface area contributed by atoms with E-state index in [4.69, 9.17) is 10.5 Å². The van der Waals surface area contributed by atoms with Crippen LogP contribution >= 0.6 is 0 Å². The van der Waals surface area contributed by atoms with Gasteiger partial charge in [0, 0.05) is 19.9 Å². The van der Waals surface area contributed by atoms with Crippen LogP contribution in [0.5, 0.6) is 0 Å². The minimum absolute atomic E-state index is 0.0954. The summed E-state index contributed by atoms with van der Waals surface area (Å²) in [7, 11) is -1.50. The molecule has 0 heterocycles. The molecule has 118 valence electrons. The number of nitrogens with two attached hydrogens (primary N) is 1. The molecule has 21 heavy (non-hydrogen) atoms. The summed E-state index contributed by atoms with van der Waals surface area (Å²) in [6.45, 7) is 0.803. The molecule has 3 N–H and O–H groups in total. The molecular formula is C14H22N2O4S. The molecule has 0 fully saturated rings. The summed E-state index contributed by atoms with van der Waals surface area (Å²) in [5.41, 5.74) is 7.62. The Balaban J connectivity index is 2.53. The molecule has 1 aromatic rings. The molecule has 1 aromatic carbocycles. The van der Waals surface area contributed by atoms with E-state index < -0.39 is 15.9 Å². The van der Waals surface area contributed by atoms with Gasteiger partial charge in [-0.15, -0.1) is 0 Å². The Kier molecular flexibility index (Phi) is 6.80. The minimum atomic E-state index is -3.11. The Morgan fingerprint density at radius 2 is 1.95 bits per heavy atom. The van der Waals surface area contributed by atoms with E-state index in [-0.39, 0.29) is 18.1 Å². The summed E-state index contributed by atoms with van der Waals surface area (Å²) in [5.74, 6) is -0.451. The van der Waals surface area contributed by atoms with E-state index in [0.717, 1.165) is 17.4 Å². The molecule has 0 aromatic heterocycles. The van der Waals surface area contributed by atoms with Gasteiger partial charge in [0.15, 0.2) is 0 Å². The molecule has 0 saturated heterocycles. The quantitative estimate of drug-likeness (QED) is 0.715. The van der Waals surface area contributed by atoms with Crippen LogP contribution in [0.1, 0.15) is 17.5 Å². The van der Waals surface area contributed by atoms with Crippen molar-refractivity contribution < 1.29 is 17.9 Å². The highest BCUT2D eigenvalue weighted by Crippen LogP contribution is 2.09. The second-order valence-corrected chi connectivity index (χ2v) is 7.20. The lowest BCUT2D eigenvalue weighted by Crippen LogP contribution is -2.41. The summed E-state index contributed by atoms with van der Waals surface area (Å²) in [6.07, 6.45) is 1.24. The molecule has 0 aliphatic carbocycles. The Morgan fingerprint density at radius 1 is 1.33 bits per heavy atom. The molecule has 0 bridgehead atoms. The molecule has 1 rings (SSSR count). The third-order valence-corrected chi connectivity index (χ3v) is 3.98. The lowest BCUT2D eigenvalue weighted by Gasteiger charge is -2.13. The summed E-state index contributed by atoms with van der Waals surface area (Å²) in [5, 5.41) is 2.72. The largest absolute Gasteiger partial charge is 0.380 e. The number of amides is 1. The minimum Gasteiger partial charge on any atom is -0.380 e. The zero-order chi connectivity index (χ0) is 15.9. The second-order valence-electron chi connectivity index (χ2n) is 4.94. The number of hydrogen-bond acceptors (Lipinski definition) is 5. The van der Waals surface area contributed by atoms with Gasteiger partial charge in [-0.3, -0.25) is 4.79 Å². The van der Waals surface area contributed by atoms with Crippen molar-refractivity contribution in [3.8, 4) is 0 Å². The lowest BCUT2D eigenvalue weighted by molar-refractivity contribution is -0.122. The van der Waals surface area contributed by atoms with Crippen molar-refractivity contribution in [3.05, 3.63) is 35.4 Å². The van der Waals surface area contributed by atoms with Gasteiger partial charge in [-0.1, -0.05) is 24.3 Å². The fraction of sp³-hybridized carbons (Fsp3) is 0.500. The van der Waals surface area contributed by atoms with E-state index in [1.165, 1.54) is 0 Å².